The molecule has 3 heterocycles. The maximum atomic E-state index is 14.5. The Bertz CT molecular complexity index is 1380. The van der Waals surface area contributed by atoms with Gasteiger partial charge in [-0.05, 0) is 36.8 Å². The number of benzene rings is 2. The number of fused-ring (bicyclic) bond motifs is 2. The Balaban J connectivity index is 1.84. The molecule has 0 radical (unpaired) electrons. The molecule has 0 amide bonds. The van der Waals surface area contributed by atoms with Gasteiger partial charge < -0.3 is 14.7 Å². The number of carbonyl (C=O) groups is 1. The summed E-state index contributed by atoms with van der Waals surface area (Å²) in [6, 6.07) is 7.82. The van der Waals surface area contributed by atoms with Gasteiger partial charge in [-0.3, -0.25) is 9.55 Å². The van der Waals surface area contributed by atoms with Crippen molar-refractivity contribution in [3.8, 4) is 5.69 Å². The Morgan fingerprint density at radius 1 is 1.15 bits per heavy atom. The van der Waals surface area contributed by atoms with Crippen molar-refractivity contribution in [3.05, 3.63) is 59.6 Å². The van der Waals surface area contributed by atoms with Crippen LogP contribution < -0.4 is 4.90 Å². The number of imidazole rings is 1. The van der Waals surface area contributed by atoms with Gasteiger partial charge in [0.1, 0.15) is 16.9 Å². The van der Waals surface area contributed by atoms with E-state index >= 15 is 0 Å². The van der Waals surface area contributed by atoms with E-state index in [2.05, 4.69) is 14.9 Å². The molecule has 9 heteroatoms. The normalized spacial score (nSPS) is 14.3. The fourth-order valence-electron chi connectivity index (χ4n) is 4.38. The van der Waals surface area contributed by atoms with Crippen molar-refractivity contribution >= 4 is 33.6 Å². The van der Waals surface area contributed by atoms with Crippen molar-refractivity contribution in [2.24, 2.45) is 0 Å². The first-order valence-electron chi connectivity index (χ1n) is 10.8. The molecule has 0 unspecified atom stereocenters. The van der Waals surface area contributed by atoms with Crippen LogP contribution in [-0.2, 0) is 11.2 Å². The Labute approximate surface area is 188 Å². The molecule has 4 aromatic rings. The van der Waals surface area contributed by atoms with Crippen molar-refractivity contribution in [2.75, 3.05) is 31.2 Å². The fraction of sp³-hybridized carbons (Fsp3) is 0.292. The van der Waals surface area contributed by atoms with E-state index in [9.17, 15) is 18.7 Å². The van der Waals surface area contributed by atoms with Crippen LogP contribution in [0.2, 0.25) is 0 Å². The van der Waals surface area contributed by atoms with Gasteiger partial charge in [0.2, 0.25) is 0 Å². The molecule has 0 aliphatic carbocycles. The molecule has 0 spiro atoms. The van der Waals surface area contributed by atoms with Crippen LogP contribution in [0.15, 0.2) is 36.5 Å². The molecule has 0 bridgehead atoms. The Hall–Kier alpha value is -3.59. The quantitative estimate of drug-likeness (QED) is 0.485. The number of anilines is 1. The van der Waals surface area contributed by atoms with Crippen LogP contribution in [0, 0.1) is 11.6 Å². The smallest absolute Gasteiger partial charge is 0.338 e. The predicted molar refractivity (Wildman–Crippen MR) is 120 cm³/mol. The van der Waals surface area contributed by atoms with Gasteiger partial charge >= 0.3 is 5.97 Å². The zero-order valence-electron chi connectivity index (χ0n) is 18.0. The molecule has 1 fully saturated rings. The SMILES string of the molecule is CCCc1nc2c(C(=O)O)cc(N3CCOCC3)cc2n1-c1ccnc2c(F)c(F)ccc12. The number of halogens is 2. The lowest BCUT2D eigenvalue weighted by atomic mass is 10.1. The first-order chi connectivity index (χ1) is 16.0. The van der Waals surface area contributed by atoms with E-state index in [1.165, 1.54) is 12.3 Å². The van der Waals surface area contributed by atoms with Crippen molar-refractivity contribution in [3.63, 3.8) is 0 Å². The van der Waals surface area contributed by atoms with Gasteiger partial charge in [0.25, 0.3) is 0 Å². The molecule has 1 saturated heterocycles. The summed E-state index contributed by atoms with van der Waals surface area (Å²) in [4.78, 5) is 23.0. The molecule has 5 rings (SSSR count). The van der Waals surface area contributed by atoms with E-state index < -0.39 is 17.6 Å². The van der Waals surface area contributed by atoms with Crippen molar-refractivity contribution in [1.82, 2.24) is 14.5 Å². The third-order valence-electron chi connectivity index (χ3n) is 5.92. The van der Waals surface area contributed by atoms with Crippen LogP contribution in [0.1, 0.15) is 29.5 Å². The summed E-state index contributed by atoms with van der Waals surface area (Å²) >= 11 is 0. The maximum absolute atomic E-state index is 14.5. The number of nitrogens with zero attached hydrogens (tertiary/aromatic N) is 4. The largest absolute Gasteiger partial charge is 0.478 e. The molecular weight excluding hydrogens is 430 g/mol. The van der Waals surface area contributed by atoms with E-state index in [4.69, 9.17) is 4.74 Å². The summed E-state index contributed by atoms with van der Waals surface area (Å²) in [6.07, 6.45) is 2.77. The number of carboxylic acid groups (broad SMARTS) is 1. The average molecular weight is 452 g/mol. The third kappa shape index (κ3) is 3.58. The number of hydrogen-bond acceptors (Lipinski definition) is 5. The number of rotatable bonds is 5. The van der Waals surface area contributed by atoms with Gasteiger partial charge in [-0.2, -0.15) is 0 Å². The van der Waals surface area contributed by atoms with Crippen LogP contribution in [-0.4, -0.2) is 51.9 Å². The molecule has 170 valence electrons. The zero-order valence-corrected chi connectivity index (χ0v) is 18.0. The highest BCUT2D eigenvalue weighted by Crippen LogP contribution is 2.33. The summed E-state index contributed by atoms with van der Waals surface area (Å²) in [5.41, 5.74) is 2.29. The molecule has 0 saturated carbocycles. The lowest BCUT2D eigenvalue weighted by molar-refractivity contribution is 0.0699. The lowest BCUT2D eigenvalue weighted by Crippen LogP contribution is -2.36. The van der Waals surface area contributed by atoms with Crippen molar-refractivity contribution in [2.45, 2.75) is 19.8 Å². The first-order valence-corrected chi connectivity index (χ1v) is 10.8. The van der Waals surface area contributed by atoms with E-state index in [-0.39, 0.29) is 11.1 Å². The van der Waals surface area contributed by atoms with Gasteiger partial charge in [0.05, 0.1) is 30.0 Å². The van der Waals surface area contributed by atoms with E-state index in [0.717, 1.165) is 18.2 Å². The van der Waals surface area contributed by atoms with Gasteiger partial charge in [0.15, 0.2) is 11.6 Å². The molecule has 2 aromatic heterocycles. The second-order valence-corrected chi connectivity index (χ2v) is 7.97. The number of ether oxygens (including phenoxy) is 1. The van der Waals surface area contributed by atoms with Gasteiger partial charge in [-0.25, -0.2) is 18.6 Å². The molecule has 7 nitrogen and oxygen atoms in total. The second kappa shape index (κ2) is 8.40. The van der Waals surface area contributed by atoms with Crippen LogP contribution in [0.3, 0.4) is 0 Å². The second-order valence-electron chi connectivity index (χ2n) is 7.97. The summed E-state index contributed by atoms with van der Waals surface area (Å²) in [5.74, 6) is -2.42. The highest BCUT2D eigenvalue weighted by molar-refractivity contribution is 6.04. The zero-order chi connectivity index (χ0) is 23.1. The molecular formula is C24H22F2N4O3. The number of pyridine rings is 1. The lowest BCUT2D eigenvalue weighted by Gasteiger charge is -2.29. The standard InChI is InChI=1S/C24H22F2N4O3/c1-2-3-20-28-22-16(24(31)32)12-14(29-8-10-33-11-9-29)13-19(22)30(20)18-6-7-27-23-15(18)4-5-17(25)21(23)26/h4-7,12-13H,2-3,8-11H2,1H3,(H,31,32). The minimum atomic E-state index is -1.07. The Morgan fingerprint density at radius 3 is 2.67 bits per heavy atom. The molecule has 0 atom stereocenters. The van der Waals surface area contributed by atoms with Crippen molar-refractivity contribution in [1.29, 1.82) is 0 Å². The number of aromatic carboxylic acids is 1. The van der Waals surface area contributed by atoms with Crippen molar-refractivity contribution < 1.29 is 23.4 Å². The van der Waals surface area contributed by atoms with Gasteiger partial charge in [0, 0.05) is 36.8 Å². The topological polar surface area (TPSA) is 80.5 Å². The number of aromatic nitrogens is 3. The number of morpholine rings is 1. The minimum absolute atomic E-state index is 0.0837. The highest BCUT2D eigenvalue weighted by Gasteiger charge is 2.23. The number of aryl methyl sites for hydroxylation is 1. The molecule has 2 aromatic carbocycles. The fourth-order valence-corrected chi connectivity index (χ4v) is 4.38. The van der Waals surface area contributed by atoms with Gasteiger partial charge in [-0.15, -0.1) is 0 Å². The average Bonchev–Trinajstić information content (AvgIpc) is 3.19. The number of carboxylic acids is 1. The highest BCUT2D eigenvalue weighted by atomic mass is 19.2. The molecule has 1 N–H and O–H groups in total. The van der Waals surface area contributed by atoms with Crippen LogP contribution in [0.5, 0.6) is 0 Å². The summed E-state index contributed by atoms with van der Waals surface area (Å²) < 4.78 is 35.6. The van der Waals surface area contributed by atoms with Gasteiger partial charge in [-0.1, -0.05) is 6.92 Å². The molecule has 1 aliphatic rings. The molecule has 33 heavy (non-hydrogen) atoms. The summed E-state index contributed by atoms with van der Waals surface area (Å²) in [5, 5.41) is 10.4. The predicted octanol–water partition coefficient (Wildman–Crippen LogP) is 4.34. The maximum Gasteiger partial charge on any atom is 0.338 e. The van der Waals surface area contributed by atoms with E-state index in [0.29, 0.717) is 60.7 Å². The minimum Gasteiger partial charge on any atom is -0.478 e. The van der Waals surface area contributed by atoms with Crippen LogP contribution >= 0.6 is 0 Å². The third-order valence-corrected chi connectivity index (χ3v) is 5.92. The monoisotopic (exact) mass is 452 g/mol. The Morgan fingerprint density at radius 2 is 1.94 bits per heavy atom. The summed E-state index contributed by atoms with van der Waals surface area (Å²) in [6.45, 7) is 4.40. The number of hydrogen-bond donors (Lipinski definition) is 1. The van der Waals surface area contributed by atoms with E-state index in [1.807, 2.05) is 17.6 Å². The Kier molecular flexibility index (Phi) is 5.41. The van der Waals surface area contributed by atoms with Crippen LogP contribution in [0.25, 0.3) is 27.6 Å². The first kappa shape index (κ1) is 21.3. The summed E-state index contributed by atoms with van der Waals surface area (Å²) in [7, 11) is 0. The van der Waals surface area contributed by atoms with E-state index in [1.54, 1.807) is 12.1 Å². The molecule has 1 aliphatic heterocycles. The van der Waals surface area contributed by atoms with Crippen LogP contribution in [0.4, 0.5) is 14.5 Å².